The second-order valence-electron chi connectivity index (χ2n) is 3.87. The summed E-state index contributed by atoms with van der Waals surface area (Å²) in [6.07, 6.45) is -3.56. The van der Waals surface area contributed by atoms with E-state index in [0.29, 0.717) is 0 Å². The highest BCUT2D eigenvalue weighted by molar-refractivity contribution is 7.92. The van der Waals surface area contributed by atoms with Crippen molar-refractivity contribution in [1.82, 2.24) is 15.2 Å². The van der Waals surface area contributed by atoms with Gasteiger partial charge in [0.2, 0.25) is 5.95 Å². The Balaban J connectivity index is 2.48. The molecule has 1 aromatic carbocycles. The molecule has 0 bridgehead atoms. The number of rotatable bonds is 3. The van der Waals surface area contributed by atoms with Crippen molar-refractivity contribution in [1.29, 1.82) is 0 Å². The van der Waals surface area contributed by atoms with Gasteiger partial charge in [0.25, 0.3) is 10.0 Å². The normalized spacial score (nSPS) is 12.4. The number of hydrogen-bond donors (Lipinski definition) is 2. The maximum atomic E-state index is 12.8. The van der Waals surface area contributed by atoms with Crippen molar-refractivity contribution < 1.29 is 21.6 Å². The zero-order chi connectivity index (χ0) is 15.0. The van der Waals surface area contributed by atoms with Crippen LogP contribution in [0.2, 0.25) is 0 Å². The second kappa shape index (κ2) is 4.78. The van der Waals surface area contributed by atoms with Crippen molar-refractivity contribution in [3.63, 3.8) is 0 Å². The van der Waals surface area contributed by atoms with E-state index in [0.717, 1.165) is 31.5 Å². The molecule has 1 aromatic heterocycles. The van der Waals surface area contributed by atoms with Gasteiger partial charge in [0.15, 0.2) is 0 Å². The highest BCUT2D eigenvalue weighted by atomic mass is 32.2. The summed E-state index contributed by atoms with van der Waals surface area (Å²) in [5, 5.41) is 5.69. The fourth-order valence-corrected chi connectivity index (χ4v) is 2.88. The molecule has 2 aromatic rings. The molecule has 0 atom stereocenters. The third-order valence-corrected chi connectivity index (χ3v) is 4.01. The van der Waals surface area contributed by atoms with Crippen LogP contribution in [0.25, 0.3) is 0 Å². The van der Waals surface area contributed by atoms with Gasteiger partial charge >= 0.3 is 6.18 Å². The molecule has 2 rings (SSSR count). The maximum Gasteiger partial charge on any atom is 0.416 e. The van der Waals surface area contributed by atoms with Crippen LogP contribution in [0.5, 0.6) is 0 Å². The monoisotopic (exact) mass is 306 g/mol. The van der Waals surface area contributed by atoms with E-state index >= 15 is 0 Å². The Morgan fingerprint density at radius 2 is 2.00 bits per heavy atom. The number of anilines is 1. The van der Waals surface area contributed by atoms with Crippen molar-refractivity contribution >= 4 is 16.0 Å². The Labute approximate surface area is 112 Å². The summed E-state index contributed by atoms with van der Waals surface area (Å²) >= 11 is 0. The van der Waals surface area contributed by atoms with Crippen LogP contribution in [-0.4, -0.2) is 23.6 Å². The number of aromatic nitrogens is 3. The van der Waals surface area contributed by atoms with E-state index in [1.807, 2.05) is 4.72 Å². The molecule has 20 heavy (non-hydrogen) atoms. The van der Waals surface area contributed by atoms with Crippen molar-refractivity contribution in [3.8, 4) is 0 Å². The van der Waals surface area contributed by atoms with Crippen LogP contribution in [0.15, 0.2) is 29.4 Å². The smallest absolute Gasteiger partial charge is 0.248 e. The van der Waals surface area contributed by atoms with Crippen LogP contribution in [0.3, 0.4) is 0 Å². The van der Waals surface area contributed by atoms with Gasteiger partial charge in [-0.25, -0.2) is 18.2 Å². The number of sulfonamides is 1. The van der Waals surface area contributed by atoms with Crippen LogP contribution in [0.1, 0.15) is 11.1 Å². The van der Waals surface area contributed by atoms with Crippen molar-refractivity contribution in [2.24, 2.45) is 0 Å². The summed E-state index contributed by atoms with van der Waals surface area (Å²) < 4.78 is 64.3. The molecule has 0 amide bonds. The maximum absolute atomic E-state index is 12.8. The second-order valence-corrected chi connectivity index (χ2v) is 5.52. The molecule has 1 heterocycles. The van der Waals surface area contributed by atoms with Gasteiger partial charge in [-0.05, 0) is 24.6 Å². The molecule has 0 spiro atoms. The quantitative estimate of drug-likeness (QED) is 0.907. The van der Waals surface area contributed by atoms with Crippen LogP contribution < -0.4 is 4.72 Å². The standard InChI is InChI=1S/C10H9F3N4O2S/c1-6-7(10(11,12)13)3-2-4-8(6)20(18,19)17-9-14-5-15-16-9/h2-5H,1H3,(H2,14,15,16,17). The first kappa shape index (κ1) is 14.3. The van der Waals surface area contributed by atoms with Gasteiger partial charge in [-0.15, -0.1) is 0 Å². The Hall–Kier alpha value is -2.10. The number of halogens is 3. The van der Waals surface area contributed by atoms with Gasteiger partial charge < -0.3 is 0 Å². The van der Waals surface area contributed by atoms with Gasteiger partial charge in [-0.3, -0.25) is 0 Å². The molecule has 10 heteroatoms. The van der Waals surface area contributed by atoms with E-state index in [9.17, 15) is 21.6 Å². The first-order chi connectivity index (χ1) is 9.22. The lowest BCUT2D eigenvalue weighted by Gasteiger charge is -2.14. The van der Waals surface area contributed by atoms with E-state index in [1.165, 1.54) is 0 Å². The Morgan fingerprint density at radius 1 is 1.30 bits per heavy atom. The van der Waals surface area contributed by atoms with Gasteiger partial charge in [-0.2, -0.15) is 23.3 Å². The molecule has 0 fully saturated rings. The molecule has 0 aliphatic carbocycles. The van der Waals surface area contributed by atoms with E-state index in [4.69, 9.17) is 0 Å². The topological polar surface area (TPSA) is 87.7 Å². The lowest BCUT2D eigenvalue weighted by Crippen LogP contribution is -2.17. The number of benzene rings is 1. The van der Waals surface area contributed by atoms with Crippen LogP contribution in [-0.2, 0) is 16.2 Å². The van der Waals surface area contributed by atoms with Crippen molar-refractivity contribution in [2.75, 3.05) is 4.72 Å². The average Bonchev–Trinajstić information content (AvgIpc) is 2.79. The number of H-pyrrole nitrogens is 1. The molecular formula is C10H9F3N4O2S. The van der Waals surface area contributed by atoms with E-state index < -0.39 is 26.7 Å². The summed E-state index contributed by atoms with van der Waals surface area (Å²) in [7, 11) is -4.18. The first-order valence-corrected chi connectivity index (χ1v) is 6.75. The Morgan fingerprint density at radius 3 is 2.55 bits per heavy atom. The molecule has 2 N–H and O–H groups in total. The zero-order valence-electron chi connectivity index (χ0n) is 10.1. The molecule has 0 saturated heterocycles. The lowest BCUT2D eigenvalue weighted by atomic mass is 10.1. The summed E-state index contributed by atoms with van der Waals surface area (Å²) in [6.45, 7) is 1.10. The molecule has 0 unspecified atom stereocenters. The molecule has 0 saturated carbocycles. The number of nitrogens with zero attached hydrogens (tertiary/aromatic N) is 2. The summed E-state index contributed by atoms with van der Waals surface area (Å²) in [4.78, 5) is 3.08. The minimum Gasteiger partial charge on any atom is -0.248 e. The SMILES string of the molecule is Cc1c(C(F)(F)F)cccc1S(=O)(=O)Nc1ncn[nH]1. The number of hydrogen-bond acceptors (Lipinski definition) is 4. The first-order valence-electron chi connectivity index (χ1n) is 5.27. The molecule has 6 nitrogen and oxygen atoms in total. The van der Waals surface area contributed by atoms with Gasteiger partial charge in [0.05, 0.1) is 10.5 Å². The number of alkyl halides is 3. The highest BCUT2D eigenvalue weighted by Gasteiger charge is 2.34. The van der Waals surface area contributed by atoms with E-state index in [2.05, 4.69) is 15.2 Å². The molecule has 0 aliphatic heterocycles. The van der Waals surface area contributed by atoms with Crippen LogP contribution >= 0.6 is 0 Å². The minimum atomic E-state index is -4.62. The number of nitrogens with one attached hydrogen (secondary N) is 2. The van der Waals surface area contributed by atoms with Crippen molar-refractivity contribution in [2.45, 2.75) is 18.0 Å². The third kappa shape index (κ3) is 2.74. The third-order valence-electron chi connectivity index (χ3n) is 2.53. The van der Waals surface area contributed by atoms with Crippen LogP contribution in [0, 0.1) is 6.92 Å². The van der Waals surface area contributed by atoms with Crippen LogP contribution in [0.4, 0.5) is 19.1 Å². The zero-order valence-corrected chi connectivity index (χ0v) is 10.9. The van der Waals surface area contributed by atoms with Gasteiger partial charge in [0, 0.05) is 0 Å². The molecular weight excluding hydrogens is 297 g/mol. The highest BCUT2D eigenvalue weighted by Crippen LogP contribution is 2.34. The van der Waals surface area contributed by atoms with E-state index in [1.54, 1.807) is 0 Å². The molecule has 0 aliphatic rings. The minimum absolute atomic E-state index is 0.179. The summed E-state index contributed by atoms with van der Waals surface area (Å²) in [5.41, 5.74) is -1.38. The van der Waals surface area contributed by atoms with Crippen molar-refractivity contribution in [3.05, 3.63) is 35.7 Å². The Kier molecular flexibility index (Phi) is 3.42. The Bertz CT molecular complexity index is 711. The predicted octanol–water partition coefficient (Wildman–Crippen LogP) is 1.93. The summed E-state index contributed by atoms with van der Waals surface area (Å²) in [5.74, 6) is -0.179. The fraction of sp³-hybridized carbons (Fsp3) is 0.200. The largest absolute Gasteiger partial charge is 0.416 e. The molecule has 108 valence electrons. The fourth-order valence-electron chi connectivity index (χ4n) is 1.65. The molecule has 0 radical (unpaired) electrons. The van der Waals surface area contributed by atoms with E-state index in [-0.39, 0.29) is 11.5 Å². The average molecular weight is 306 g/mol. The number of aromatic amines is 1. The predicted molar refractivity (Wildman–Crippen MR) is 63.4 cm³/mol. The van der Waals surface area contributed by atoms with Gasteiger partial charge in [-0.1, -0.05) is 6.07 Å². The summed E-state index contributed by atoms with van der Waals surface area (Å²) in [6, 6.07) is 2.94. The van der Waals surface area contributed by atoms with Gasteiger partial charge in [0.1, 0.15) is 6.33 Å². The lowest BCUT2D eigenvalue weighted by molar-refractivity contribution is -0.138.